The number of anilines is 1. The summed E-state index contributed by atoms with van der Waals surface area (Å²) in [6.45, 7) is 4.48. The van der Waals surface area contributed by atoms with Gasteiger partial charge in [-0.1, -0.05) is 6.08 Å². The molecule has 1 aliphatic rings. The third kappa shape index (κ3) is 1.91. The van der Waals surface area contributed by atoms with E-state index in [-0.39, 0.29) is 0 Å². The van der Waals surface area contributed by atoms with E-state index in [1.165, 1.54) is 36.3 Å². The molecule has 1 aromatic rings. The van der Waals surface area contributed by atoms with Crippen molar-refractivity contribution >= 4 is 16.5 Å². The Morgan fingerprint density at radius 2 is 2.31 bits per heavy atom. The summed E-state index contributed by atoms with van der Waals surface area (Å²) >= 11 is 1.81. The van der Waals surface area contributed by atoms with Crippen molar-refractivity contribution in [2.24, 2.45) is 0 Å². The Labute approximate surface area is 82.7 Å². The quantitative estimate of drug-likeness (QED) is 0.748. The number of aromatic nitrogens is 1. The van der Waals surface area contributed by atoms with E-state index in [1.807, 2.05) is 6.08 Å². The Balaban J connectivity index is 2.11. The van der Waals surface area contributed by atoms with Gasteiger partial charge < -0.3 is 5.32 Å². The van der Waals surface area contributed by atoms with Crippen molar-refractivity contribution in [1.29, 1.82) is 0 Å². The molecule has 0 saturated carbocycles. The normalized spacial score (nSPS) is 15.1. The molecule has 0 aromatic carbocycles. The van der Waals surface area contributed by atoms with Crippen molar-refractivity contribution < 1.29 is 0 Å². The number of nitrogens with zero attached hydrogens (tertiary/aromatic N) is 1. The van der Waals surface area contributed by atoms with Gasteiger partial charge >= 0.3 is 0 Å². The highest BCUT2D eigenvalue weighted by atomic mass is 32.1. The van der Waals surface area contributed by atoms with Gasteiger partial charge in [-0.05, 0) is 25.7 Å². The lowest BCUT2D eigenvalue weighted by Crippen LogP contribution is -2.00. The van der Waals surface area contributed by atoms with Crippen LogP contribution < -0.4 is 5.32 Å². The zero-order valence-electron chi connectivity index (χ0n) is 7.68. The second kappa shape index (κ2) is 3.92. The van der Waals surface area contributed by atoms with E-state index >= 15 is 0 Å². The summed E-state index contributed by atoms with van der Waals surface area (Å²) in [5.74, 6) is 0. The van der Waals surface area contributed by atoms with Crippen LogP contribution in [0.1, 0.15) is 23.4 Å². The first-order valence-electron chi connectivity index (χ1n) is 4.73. The van der Waals surface area contributed by atoms with E-state index in [1.54, 1.807) is 11.3 Å². The van der Waals surface area contributed by atoms with Gasteiger partial charge in [-0.25, -0.2) is 4.98 Å². The standard InChI is InChI=1S/C10H14N2S/c1-2-7-11-10-12-8-5-3-4-6-9(8)13-10/h2H,1,3-7H2,(H,11,12). The van der Waals surface area contributed by atoms with Gasteiger partial charge in [0.25, 0.3) is 0 Å². The highest BCUT2D eigenvalue weighted by molar-refractivity contribution is 7.15. The third-order valence-electron chi connectivity index (χ3n) is 2.24. The number of nitrogens with one attached hydrogen (secondary N) is 1. The molecule has 70 valence electrons. The van der Waals surface area contributed by atoms with Gasteiger partial charge in [-0.2, -0.15) is 0 Å². The molecule has 0 amide bonds. The molecule has 1 aromatic heterocycles. The Morgan fingerprint density at radius 3 is 3.08 bits per heavy atom. The molecule has 1 N–H and O–H groups in total. The largest absolute Gasteiger partial charge is 0.358 e. The smallest absolute Gasteiger partial charge is 0.183 e. The highest BCUT2D eigenvalue weighted by Crippen LogP contribution is 2.29. The lowest BCUT2D eigenvalue weighted by atomic mass is 10.0. The number of hydrogen-bond acceptors (Lipinski definition) is 3. The fourth-order valence-corrected chi connectivity index (χ4v) is 2.64. The molecule has 3 heteroatoms. The van der Waals surface area contributed by atoms with E-state index in [9.17, 15) is 0 Å². The average molecular weight is 194 g/mol. The molecular weight excluding hydrogens is 180 g/mol. The molecule has 0 atom stereocenters. The van der Waals surface area contributed by atoms with Gasteiger partial charge in [0.1, 0.15) is 0 Å². The molecule has 0 saturated heterocycles. The van der Waals surface area contributed by atoms with Crippen molar-refractivity contribution in [3.05, 3.63) is 23.2 Å². The molecule has 13 heavy (non-hydrogen) atoms. The minimum atomic E-state index is 0.812. The Hall–Kier alpha value is -0.830. The van der Waals surface area contributed by atoms with Gasteiger partial charge in [-0.15, -0.1) is 17.9 Å². The highest BCUT2D eigenvalue weighted by Gasteiger charge is 2.14. The summed E-state index contributed by atoms with van der Waals surface area (Å²) in [6.07, 6.45) is 6.89. The van der Waals surface area contributed by atoms with E-state index < -0.39 is 0 Å². The van der Waals surface area contributed by atoms with Crippen LogP contribution in [0.3, 0.4) is 0 Å². The van der Waals surface area contributed by atoms with Gasteiger partial charge in [0.2, 0.25) is 0 Å². The third-order valence-corrected chi connectivity index (χ3v) is 3.36. The van der Waals surface area contributed by atoms with Crippen LogP contribution in [-0.4, -0.2) is 11.5 Å². The van der Waals surface area contributed by atoms with Crippen LogP contribution in [0.2, 0.25) is 0 Å². The van der Waals surface area contributed by atoms with Crippen molar-refractivity contribution in [3.63, 3.8) is 0 Å². The van der Waals surface area contributed by atoms with Gasteiger partial charge in [-0.3, -0.25) is 0 Å². The lowest BCUT2D eigenvalue weighted by Gasteiger charge is -2.06. The van der Waals surface area contributed by atoms with Crippen LogP contribution in [-0.2, 0) is 12.8 Å². The van der Waals surface area contributed by atoms with E-state index in [4.69, 9.17) is 0 Å². The first-order chi connectivity index (χ1) is 6.40. The molecule has 0 aliphatic heterocycles. The Kier molecular flexibility index (Phi) is 2.64. The summed E-state index contributed by atoms with van der Waals surface area (Å²) in [7, 11) is 0. The number of rotatable bonds is 3. The van der Waals surface area contributed by atoms with Gasteiger partial charge in [0.05, 0.1) is 5.69 Å². The van der Waals surface area contributed by atoms with Crippen molar-refractivity contribution in [2.45, 2.75) is 25.7 Å². The van der Waals surface area contributed by atoms with E-state index in [0.717, 1.165) is 11.7 Å². The van der Waals surface area contributed by atoms with Crippen LogP contribution in [0, 0.1) is 0 Å². The summed E-state index contributed by atoms with van der Waals surface area (Å²) in [5.41, 5.74) is 1.32. The monoisotopic (exact) mass is 194 g/mol. The zero-order valence-corrected chi connectivity index (χ0v) is 8.49. The van der Waals surface area contributed by atoms with E-state index in [2.05, 4.69) is 16.9 Å². The molecule has 0 radical (unpaired) electrons. The minimum Gasteiger partial charge on any atom is -0.358 e. The maximum absolute atomic E-state index is 4.55. The fraction of sp³-hybridized carbons (Fsp3) is 0.500. The number of thiazole rings is 1. The second-order valence-corrected chi connectivity index (χ2v) is 4.35. The van der Waals surface area contributed by atoms with Crippen LogP contribution in [0.25, 0.3) is 0 Å². The summed E-state index contributed by atoms with van der Waals surface area (Å²) < 4.78 is 0. The molecular formula is C10H14N2S. The summed E-state index contributed by atoms with van der Waals surface area (Å²) in [5, 5.41) is 4.30. The molecule has 1 heterocycles. The topological polar surface area (TPSA) is 24.9 Å². The first kappa shape index (κ1) is 8.75. The van der Waals surface area contributed by atoms with Crippen molar-refractivity contribution in [1.82, 2.24) is 4.98 Å². The van der Waals surface area contributed by atoms with Crippen LogP contribution in [0.5, 0.6) is 0 Å². The molecule has 0 spiro atoms. The van der Waals surface area contributed by atoms with Crippen molar-refractivity contribution in [2.75, 3.05) is 11.9 Å². The molecule has 0 unspecified atom stereocenters. The van der Waals surface area contributed by atoms with Gasteiger partial charge in [0.15, 0.2) is 5.13 Å². The second-order valence-electron chi connectivity index (χ2n) is 3.27. The summed E-state index contributed by atoms with van der Waals surface area (Å²) in [6, 6.07) is 0. The maximum Gasteiger partial charge on any atom is 0.183 e. The minimum absolute atomic E-state index is 0.812. The van der Waals surface area contributed by atoms with E-state index in [0.29, 0.717) is 0 Å². The molecule has 0 bridgehead atoms. The Morgan fingerprint density at radius 1 is 1.46 bits per heavy atom. The molecule has 2 rings (SSSR count). The van der Waals surface area contributed by atoms with Crippen LogP contribution in [0.15, 0.2) is 12.7 Å². The first-order valence-corrected chi connectivity index (χ1v) is 5.55. The maximum atomic E-state index is 4.55. The average Bonchev–Trinajstić information content (AvgIpc) is 2.57. The van der Waals surface area contributed by atoms with Gasteiger partial charge in [0, 0.05) is 11.4 Å². The lowest BCUT2D eigenvalue weighted by molar-refractivity contribution is 0.682. The van der Waals surface area contributed by atoms with Crippen molar-refractivity contribution in [3.8, 4) is 0 Å². The number of aryl methyl sites for hydroxylation is 2. The SMILES string of the molecule is C=CCNc1nc2c(s1)CCCC2. The predicted molar refractivity (Wildman–Crippen MR) is 57.4 cm³/mol. The van der Waals surface area contributed by atoms with Crippen LogP contribution in [0.4, 0.5) is 5.13 Å². The molecule has 2 nitrogen and oxygen atoms in total. The predicted octanol–water partition coefficient (Wildman–Crippen LogP) is 2.62. The molecule has 0 fully saturated rings. The Bertz CT molecular complexity index is 280. The van der Waals surface area contributed by atoms with Crippen LogP contribution >= 0.6 is 11.3 Å². The number of hydrogen-bond donors (Lipinski definition) is 1. The zero-order chi connectivity index (χ0) is 9.10. The number of fused-ring (bicyclic) bond motifs is 1. The molecule has 1 aliphatic carbocycles. The summed E-state index contributed by atoms with van der Waals surface area (Å²) in [4.78, 5) is 6.03. The fourth-order valence-electron chi connectivity index (χ4n) is 1.59.